The van der Waals surface area contributed by atoms with Gasteiger partial charge in [0.25, 0.3) is 5.91 Å². The predicted octanol–water partition coefficient (Wildman–Crippen LogP) is 4.14. The number of carbonyl (C=O) groups excluding carboxylic acids is 3. The van der Waals surface area contributed by atoms with E-state index in [1.807, 2.05) is 12.1 Å². The van der Waals surface area contributed by atoms with Crippen LogP contribution in [-0.2, 0) is 20.7 Å². The Morgan fingerprint density at radius 3 is 2.58 bits per heavy atom. The van der Waals surface area contributed by atoms with Crippen molar-refractivity contribution < 1.29 is 28.2 Å². The lowest BCUT2D eigenvalue weighted by atomic mass is 9.93. The van der Waals surface area contributed by atoms with Crippen molar-refractivity contribution in [3.05, 3.63) is 69.6 Å². The normalized spacial score (nSPS) is 18.5. The average molecular weight is 567 g/mol. The number of nitrogens with zero attached hydrogens (tertiary/aromatic N) is 3. The molecule has 3 aromatic rings. The number of ether oxygens (including phenoxy) is 2. The molecule has 1 aromatic heterocycles. The fourth-order valence-electron chi connectivity index (χ4n) is 5.47. The van der Waals surface area contributed by atoms with Gasteiger partial charge in [0.1, 0.15) is 11.5 Å². The van der Waals surface area contributed by atoms with Gasteiger partial charge in [-0.25, -0.2) is 9.18 Å². The smallest absolute Gasteiger partial charge is 0.337 e. The molecule has 0 bridgehead atoms. The number of nitrogens with one attached hydrogen (secondary N) is 1. The quantitative estimate of drug-likeness (QED) is 0.447. The molecule has 2 fully saturated rings. The van der Waals surface area contributed by atoms with Crippen molar-refractivity contribution in [3.8, 4) is 11.3 Å². The van der Waals surface area contributed by atoms with Gasteiger partial charge in [0.2, 0.25) is 5.91 Å². The number of hydrogen-bond acceptors (Lipinski definition) is 7. The highest BCUT2D eigenvalue weighted by atomic mass is 35.5. The van der Waals surface area contributed by atoms with Crippen LogP contribution in [0, 0.1) is 11.7 Å². The molecule has 0 radical (unpaired) electrons. The zero-order valence-corrected chi connectivity index (χ0v) is 22.8. The summed E-state index contributed by atoms with van der Waals surface area (Å²) < 4.78 is 26.6. The summed E-state index contributed by atoms with van der Waals surface area (Å²) in [5.74, 6) is -2.02. The number of hydrogen-bond donors (Lipinski definition) is 1. The van der Waals surface area contributed by atoms with E-state index in [1.165, 1.54) is 23.9 Å². The number of anilines is 1. The average Bonchev–Trinajstić information content (AvgIpc) is 3.72. The monoisotopic (exact) mass is 566 g/mol. The van der Waals surface area contributed by atoms with Crippen LogP contribution >= 0.6 is 11.6 Å². The van der Waals surface area contributed by atoms with E-state index in [-0.39, 0.29) is 41.2 Å². The summed E-state index contributed by atoms with van der Waals surface area (Å²) in [6.45, 7) is 1.34. The maximum atomic E-state index is 15.3. The maximum absolute atomic E-state index is 15.3. The van der Waals surface area contributed by atoms with Crippen LogP contribution in [0.25, 0.3) is 11.3 Å². The van der Waals surface area contributed by atoms with Crippen molar-refractivity contribution in [2.24, 2.45) is 5.92 Å². The second kappa shape index (κ2) is 10.3. The molecule has 1 saturated heterocycles. The Balaban J connectivity index is 1.42. The summed E-state index contributed by atoms with van der Waals surface area (Å²) in [5.41, 5.74) is 2.56. The maximum Gasteiger partial charge on any atom is 0.337 e. The summed E-state index contributed by atoms with van der Waals surface area (Å²) in [7, 11) is 2.84. The third-order valence-corrected chi connectivity index (χ3v) is 8.22. The van der Waals surface area contributed by atoms with E-state index in [0.29, 0.717) is 41.6 Å². The minimum atomic E-state index is -0.689. The van der Waals surface area contributed by atoms with Gasteiger partial charge in [-0.1, -0.05) is 23.7 Å². The first-order chi connectivity index (χ1) is 19.3. The molecule has 1 aliphatic carbocycles. The van der Waals surface area contributed by atoms with Crippen LogP contribution in [0.1, 0.15) is 50.7 Å². The molecule has 9 nitrogen and oxygen atoms in total. The van der Waals surface area contributed by atoms with E-state index in [0.717, 1.165) is 24.5 Å². The molecule has 2 aromatic carbocycles. The molecule has 40 heavy (non-hydrogen) atoms. The largest absolute Gasteiger partial charge is 0.465 e. The second-order valence-electron chi connectivity index (χ2n) is 10.4. The highest BCUT2D eigenvalue weighted by molar-refractivity contribution is 6.34. The molecule has 11 heteroatoms. The number of amides is 1. The van der Waals surface area contributed by atoms with Crippen LogP contribution in [0.2, 0.25) is 5.02 Å². The van der Waals surface area contributed by atoms with Crippen molar-refractivity contribution in [1.82, 2.24) is 14.7 Å². The number of methoxy groups -OCH3 is 2. The summed E-state index contributed by atoms with van der Waals surface area (Å²) >= 11 is 6.56. The third-order valence-electron chi connectivity index (χ3n) is 7.90. The lowest BCUT2D eigenvalue weighted by Crippen LogP contribution is -2.57. The Bertz CT molecular complexity index is 1530. The van der Waals surface area contributed by atoms with Crippen LogP contribution in [0.15, 0.2) is 36.4 Å². The topological polar surface area (TPSA) is 103 Å². The Labute approximate surface area is 235 Å². The number of carbonyl (C=O) groups is 3. The fourth-order valence-corrected chi connectivity index (χ4v) is 5.74. The Hall–Kier alpha value is -3.76. The lowest BCUT2D eigenvalue weighted by molar-refractivity contribution is -0.147. The number of likely N-dealkylation sites (tertiary alicyclic amines) is 1. The molecule has 1 saturated carbocycles. The number of halogens is 2. The van der Waals surface area contributed by atoms with Gasteiger partial charge in [0, 0.05) is 38.7 Å². The molecule has 1 unspecified atom stereocenters. The number of aromatic nitrogens is 2. The van der Waals surface area contributed by atoms with Gasteiger partial charge in [-0.15, -0.1) is 0 Å². The van der Waals surface area contributed by atoms with Crippen molar-refractivity contribution in [1.29, 1.82) is 0 Å². The summed E-state index contributed by atoms with van der Waals surface area (Å²) in [5, 5.41) is 8.17. The van der Waals surface area contributed by atoms with Crippen LogP contribution in [0.5, 0.6) is 0 Å². The predicted molar refractivity (Wildman–Crippen MR) is 145 cm³/mol. The number of benzene rings is 2. The van der Waals surface area contributed by atoms with Gasteiger partial charge in [-0.05, 0) is 48.6 Å². The lowest BCUT2D eigenvalue weighted by Gasteiger charge is -2.40. The summed E-state index contributed by atoms with van der Waals surface area (Å²) in [6.07, 6.45) is 2.19. The molecule has 1 amide bonds. The van der Waals surface area contributed by atoms with Gasteiger partial charge in [0.05, 0.1) is 46.7 Å². The number of esters is 1. The number of rotatable bonds is 6. The molecule has 2 aliphatic heterocycles. The van der Waals surface area contributed by atoms with Gasteiger partial charge in [-0.3, -0.25) is 9.59 Å². The van der Waals surface area contributed by atoms with Crippen LogP contribution in [0.3, 0.4) is 0 Å². The fraction of sp³-hybridized carbons (Fsp3) is 0.379. The van der Waals surface area contributed by atoms with Crippen LogP contribution < -0.4 is 5.32 Å². The summed E-state index contributed by atoms with van der Waals surface area (Å²) in [6, 6.07) is 9.36. The van der Waals surface area contributed by atoms with Gasteiger partial charge < -0.3 is 19.7 Å². The van der Waals surface area contributed by atoms with E-state index < -0.39 is 23.6 Å². The first kappa shape index (κ1) is 26.5. The van der Waals surface area contributed by atoms with E-state index >= 15 is 4.39 Å². The van der Waals surface area contributed by atoms with E-state index in [9.17, 15) is 14.4 Å². The van der Waals surface area contributed by atoms with E-state index in [1.54, 1.807) is 18.1 Å². The zero-order valence-electron chi connectivity index (χ0n) is 22.1. The molecule has 3 aliphatic rings. The third kappa shape index (κ3) is 4.54. The minimum Gasteiger partial charge on any atom is -0.465 e. The second-order valence-corrected chi connectivity index (χ2v) is 10.8. The Morgan fingerprint density at radius 2 is 1.90 bits per heavy atom. The van der Waals surface area contributed by atoms with Crippen molar-refractivity contribution >= 4 is 35.1 Å². The highest BCUT2D eigenvalue weighted by Crippen LogP contribution is 2.44. The summed E-state index contributed by atoms with van der Waals surface area (Å²) in [4.78, 5) is 41.0. The van der Waals surface area contributed by atoms with E-state index in [4.69, 9.17) is 21.1 Å². The zero-order chi connectivity index (χ0) is 28.1. The molecule has 3 heterocycles. The van der Waals surface area contributed by atoms with Crippen molar-refractivity contribution in [2.45, 2.75) is 31.3 Å². The molecule has 1 N–H and O–H groups in total. The van der Waals surface area contributed by atoms with Crippen molar-refractivity contribution in [3.63, 3.8) is 0 Å². The number of fused-ring (bicyclic) bond motifs is 1. The molecule has 6 rings (SSSR count). The van der Waals surface area contributed by atoms with E-state index in [2.05, 4.69) is 10.4 Å². The molecular formula is C29H28ClFN4O5. The van der Waals surface area contributed by atoms with Crippen LogP contribution in [-0.4, -0.2) is 72.4 Å². The van der Waals surface area contributed by atoms with Gasteiger partial charge in [-0.2, -0.15) is 9.78 Å². The van der Waals surface area contributed by atoms with Gasteiger partial charge >= 0.3 is 5.97 Å². The molecule has 208 valence electrons. The first-order valence-corrected chi connectivity index (χ1v) is 13.6. The molecular weight excluding hydrogens is 539 g/mol. The highest BCUT2D eigenvalue weighted by Gasteiger charge is 2.39. The van der Waals surface area contributed by atoms with Crippen molar-refractivity contribution in [2.75, 3.05) is 39.2 Å². The Morgan fingerprint density at radius 1 is 1.12 bits per heavy atom. The Kier molecular flexibility index (Phi) is 6.83. The minimum absolute atomic E-state index is 0.0202. The van der Waals surface area contributed by atoms with Gasteiger partial charge in [0.15, 0.2) is 0 Å². The standard InChI is InChI=1S/C29H28ClFN4O5/c1-39-18-13-34(14-18)27(36)17-11-23-26(32-12-17)25(20-9-8-16(10-22(20)31)29(38)40-2)33-35(23)28(37)24-19(15-6-7-15)4-3-5-21(24)30/h3-5,8-10,15,17-18,32H,6-7,11-14H2,1-2H3. The molecule has 1 atom stereocenters. The van der Waals surface area contributed by atoms with Crippen LogP contribution in [0.4, 0.5) is 10.1 Å². The SMILES string of the molecule is COC(=O)c1ccc(-c2nn(C(=O)c3c(Cl)cccc3C3CC3)c3c2NCC(C(=O)N2CC(OC)C2)C3)c(F)c1. The molecule has 0 spiro atoms. The first-order valence-electron chi connectivity index (χ1n) is 13.2.